The van der Waals surface area contributed by atoms with E-state index in [2.05, 4.69) is 26.9 Å². The molecule has 2 saturated heterocycles. The van der Waals surface area contributed by atoms with Crippen LogP contribution in [-0.4, -0.2) is 37.0 Å². The predicted octanol–water partition coefficient (Wildman–Crippen LogP) is 2.83. The van der Waals surface area contributed by atoms with Gasteiger partial charge >= 0.3 is 6.03 Å². The topological polar surface area (TPSA) is 90.5 Å². The molecule has 1 atom stereocenters. The second kappa shape index (κ2) is 8.18. The Hall–Kier alpha value is -3.35. The largest absolute Gasteiger partial charge is 0.367 e. The van der Waals surface area contributed by atoms with Crippen molar-refractivity contribution in [3.8, 4) is 0 Å². The Bertz CT molecular complexity index is 960. The van der Waals surface area contributed by atoms with E-state index in [1.165, 1.54) is 0 Å². The fraction of sp³-hybridized carbons (Fsp3) is 0.348. The number of carbonyl (C=O) groups is 3. The van der Waals surface area contributed by atoms with Gasteiger partial charge in [-0.2, -0.15) is 0 Å². The molecule has 7 nitrogen and oxygen atoms in total. The number of nitrogens with one attached hydrogen (secondary N) is 3. The number of aryl methyl sites for hydroxylation is 2. The number of nitrogens with zero attached hydrogens (tertiary/aromatic N) is 1. The predicted molar refractivity (Wildman–Crippen MR) is 116 cm³/mol. The molecule has 2 aliphatic rings. The standard InChI is InChI=1S/C23H26N4O3/c1-14-9-15(2)11-17(10-14)24-23(30)25-18-12-27(13-18)19-5-3-16(4-6-19)20-7-8-21(28)26-22(20)29/h3-6,9-11,18,20H,7-8,12-13H2,1-2H3,(H2,24,25,30)(H,26,28,29). The van der Waals surface area contributed by atoms with Crippen LogP contribution in [0, 0.1) is 13.8 Å². The average Bonchev–Trinajstić information content (AvgIpc) is 2.64. The van der Waals surface area contributed by atoms with Gasteiger partial charge in [-0.3, -0.25) is 14.9 Å². The molecular weight excluding hydrogens is 380 g/mol. The number of imide groups is 1. The molecule has 156 valence electrons. The molecule has 0 aromatic heterocycles. The van der Waals surface area contributed by atoms with Gasteiger partial charge in [-0.25, -0.2) is 4.79 Å². The van der Waals surface area contributed by atoms with Crippen LogP contribution in [0.3, 0.4) is 0 Å². The van der Waals surface area contributed by atoms with Crippen LogP contribution in [-0.2, 0) is 9.59 Å². The summed E-state index contributed by atoms with van der Waals surface area (Å²) in [6.07, 6.45) is 0.928. The molecule has 2 heterocycles. The van der Waals surface area contributed by atoms with E-state index < -0.39 is 0 Å². The van der Waals surface area contributed by atoms with Crippen LogP contribution in [0.4, 0.5) is 16.2 Å². The lowest BCUT2D eigenvalue weighted by molar-refractivity contribution is -0.134. The van der Waals surface area contributed by atoms with E-state index in [0.29, 0.717) is 12.8 Å². The van der Waals surface area contributed by atoms with E-state index in [0.717, 1.165) is 41.2 Å². The van der Waals surface area contributed by atoms with Crippen LogP contribution < -0.4 is 20.9 Å². The number of carbonyl (C=O) groups excluding carboxylic acids is 3. The fourth-order valence-electron chi connectivity index (χ4n) is 4.11. The Balaban J connectivity index is 1.27. The summed E-state index contributed by atoms with van der Waals surface area (Å²) >= 11 is 0. The van der Waals surface area contributed by atoms with E-state index in [9.17, 15) is 14.4 Å². The highest BCUT2D eigenvalue weighted by atomic mass is 16.2. The average molecular weight is 406 g/mol. The zero-order valence-electron chi connectivity index (χ0n) is 17.2. The summed E-state index contributed by atoms with van der Waals surface area (Å²) in [5.41, 5.74) is 5.00. The Morgan fingerprint density at radius 1 is 1.03 bits per heavy atom. The van der Waals surface area contributed by atoms with Gasteiger partial charge in [0.05, 0.1) is 12.0 Å². The van der Waals surface area contributed by atoms with Gasteiger partial charge in [-0.05, 0) is 61.2 Å². The smallest absolute Gasteiger partial charge is 0.319 e. The van der Waals surface area contributed by atoms with E-state index >= 15 is 0 Å². The van der Waals surface area contributed by atoms with Gasteiger partial charge < -0.3 is 15.5 Å². The van der Waals surface area contributed by atoms with Crippen LogP contribution in [0.15, 0.2) is 42.5 Å². The quantitative estimate of drug-likeness (QED) is 0.681. The first-order valence-corrected chi connectivity index (χ1v) is 10.2. The minimum Gasteiger partial charge on any atom is -0.367 e. The molecule has 1 unspecified atom stereocenters. The first kappa shape index (κ1) is 19.9. The van der Waals surface area contributed by atoms with Crippen LogP contribution in [0.25, 0.3) is 0 Å². The second-order valence-corrected chi connectivity index (χ2v) is 8.17. The number of piperidine rings is 1. The lowest BCUT2D eigenvalue weighted by atomic mass is 9.90. The summed E-state index contributed by atoms with van der Waals surface area (Å²) in [5, 5.41) is 8.30. The van der Waals surface area contributed by atoms with E-state index in [-0.39, 0.29) is 29.8 Å². The summed E-state index contributed by atoms with van der Waals surface area (Å²) in [5.74, 6) is -0.688. The molecule has 30 heavy (non-hydrogen) atoms. The zero-order chi connectivity index (χ0) is 21.3. The fourth-order valence-corrected chi connectivity index (χ4v) is 4.11. The van der Waals surface area contributed by atoms with Crippen molar-refractivity contribution in [3.63, 3.8) is 0 Å². The molecule has 2 aromatic carbocycles. The number of rotatable bonds is 4. The van der Waals surface area contributed by atoms with Crippen molar-refractivity contribution in [1.29, 1.82) is 0 Å². The molecule has 0 spiro atoms. The third-order valence-corrected chi connectivity index (χ3v) is 5.60. The minimum absolute atomic E-state index is 0.0886. The lowest BCUT2D eigenvalue weighted by Crippen LogP contribution is -2.60. The van der Waals surface area contributed by atoms with Crippen LogP contribution >= 0.6 is 0 Å². The highest BCUT2D eigenvalue weighted by Gasteiger charge is 2.30. The normalized spacial score (nSPS) is 19.1. The third kappa shape index (κ3) is 4.45. The molecule has 2 aromatic rings. The highest BCUT2D eigenvalue weighted by Crippen LogP contribution is 2.28. The Morgan fingerprint density at radius 3 is 2.33 bits per heavy atom. The molecular formula is C23H26N4O3. The molecule has 4 amide bonds. The lowest BCUT2D eigenvalue weighted by Gasteiger charge is -2.41. The number of hydrogen-bond donors (Lipinski definition) is 3. The molecule has 0 aliphatic carbocycles. The third-order valence-electron chi connectivity index (χ3n) is 5.60. The van der Waals surface area contributed by atoms with Crippen LogP contribution in [0.2, 0.25) is 0 Å². The molecule has 4 rings (SSSR count). The maximum Gasteiger partial charge on any atom is 0.319 e. The number of anilines is 2. The monoisotopic (exact) mass is 406 g/mol. The molecule has 2 fully saturated rings. The number of benzene rings is 2. The number of urea groups is 1. The molecule has 0 saturated carbocycles. The van der Waals surface area contributed by atoms with Crippen molar-refractivity contribution in [1.82, 2.24) is 10.6 Å². The van der Waals surface area contributed by atoms with Crippen molar-refractivity contribution in [2.45, 2.75) is 38.6 Å². The van der Waals surface area contributed by atoms with Gasteiger partial charge in [0.2, 0.25) is 11.8 Å². The minimum atomic E-state index is -0.267. The Labute approximate surface area is 175 Å². The highest BCUT2D eigenvalue weighted by molar-refractivity contribution is 6.01. The van der Waals surface area contributed by atoms with Gasteiger partial charge in [0.25, 0.3) is 0 Å². The number of hydrogen-bond acceptors (Lipinski definition) is 4. The van der Waals surface area contributed by atoms with Crippen LogP contribution in [0.1, 0.15) is 35.4 Å². The van der Waals surface area contributed by atoms with E-state index in [1.807, 2.05) is 50.2 Å². The zero-order valence-corrected chi connectivity index (χ0v) is 17.2. The maximum atomic E-state index is 12.3. The summed E-state index contributed by atoms with van der Waals surface area (Å²) < 4.78 is 0. The van der Waals surface area contributed by atoms with Gasteiger partial charge in [-0.1, -0.05) is 18.2 Å². The maximum absolute atomic E-state index is 12.3. The van der Waals surface area contributed by atoms with Gasteiger partial charge in [0.15, 0.2) is 0 Å². The Kier molecular flexibility index (Phi) is 5.44. The summed E-state index contributed by atoms with van der Waals surface area (Å²) in [7, 11) is 0. The van der Waals surface area contributed by atoms with Crippen LogP contribution in [0.5, 0.6) is 0 Å². The van der Waals surface area contributed by atoms with Crippen molar-refractivity contribution in [2.24, 2.45) is 0 Å². The first-order chi connectivity index (χ1) is 14.4. The van der Waals surface area contributed by atoms with E-state index in [4.69, 9.17) is 0 Å². The molecule has 7 heteroatoms. The first-order valence-electron chi connectivity index (χ1n) is 10.2. The summed E-state index contributed by atoms with van der Waals surface area (Å²) in [6, 6.07) is 13.7. The van der Waals surface area contributed by atoms with Gasteiger partial charge in [0, 0.05) is 30.9 Å². The molecule has 2 aliphatic heterocycles. The molecule has 0 bridgehead atoms. The van der Waals surface area contributed by atoms with Crippen molar-refractivity contribution in [2.75, 3.05) is 23.3 Å². The van der Waals surface area contributed by atoms with Crippen molar-refractivity contribution in [3.05, 3.63) is 59.2 Å². The summed E-state index contributed by atoms with van der Waals surface area (Å²) in [4.78, 5) is 37.8. The molecule has 3 N–H and O–H groups in total. The summed E-state index contributed by atoms with van der Waals surface area (Å²) in [6.45, 7) is 5.48. The second-order valence-electron chi connectivity index (χ2n) is 8.17. The Morgan fingerprint density at radius 2 is 1.70 bits per heavy atom. The SMILES string of the molecule is Cc1cc(C)cc(NC(=O)NC2CN(c3ccc(C4CCC(=O)NC4=O)cc3)C2)c1. The van der Waals surface area contributed by atoms with E-state index in [1.54, 1.807) is 0 Å². The van der Waals surface area contributed by atoms with Gasteiger partial charge in [-0.15, -0.1) is 0 Å². The molecule has 0 radical (unpaired) electrons. The van der Waals surface area contributed by atoms with Crippen molar-refractivity contribution < 1.29 is 14.4 Å². The van der Waals surface area contributed by atoms with Crippen molar-refractivity contribution >= 4 is 29.2 Å². The van der Waals surface area contributed by atoms with Gasteiger partial charge in [0.1, 0.15) is 0 Å². The number of amides is 4.